The zero-order valence-corrected chi connectivity index (χ0v) is 11.8. The van der Waals surface area contributed by atoms with Crippen LogP contribution in [0.25, 0.3) is 5.57 Å². The van der Waals surface area contributed by atoms with E-state index in [1.165, 1.54) is 22.4 Å². The normalized spacial score (nSPS) is 18.1. The summed E-state index contributed by atoms with van der Waals surface area (Å²) in [5.74, 6) is 0. The van der Waals surface area contributed by atoms with E-state index >= 15 is 0 Å². The minimum Gasteiger partial charge on any atom is -0.376 e. The Morgan fingerprint density at radius 1 is 1.12 bits per heavy atom. The van der Waals surface area contributed by atoms with E-state index < -0.39 is 0 Å². The molecule has 17 heavy (non-hydrogen) atoms. The molecule has 0 aliphatic carbocycles. The van der Waals surface area contributed by atoms with Gasteiger partial charge in [-0.25, -0.2) is 0 Å². The van der Waals surface area contributed by atoms with E-state index in [2.05, 4.69) is 71.1 Å². The maximum absolute atomic E-state index is 3.67. The summed E-state index contributed by atoms with van der Waals surface area (Å²) in [6.45, 7) is 13.5. The molecule has 0 saturated carbocycles. The minimum absolute atomic E-state index is 0.0401. The fourth-order valence-corrected chi connectivity index (χ4v) is 2.62. The third kappa shape index (κ3) is 2.24. The number of hydrogen-bond acceptors (Lipinski definition) is 1. The van der Waals surface area contributed by atoms with Crippen molar-refractivity contribution in [2.75, 3.05) is 5.32 Å². The zero-order valence-electron chi connectivity index (χ0n) is 11.8. The van der Waals surface area contributed by atoms with Crippen LogP contribution in [0.4, 0.5) is 5.69 Å². The Morgan fingerprint density at radius 2 is 1.76 bits per heavy atom. The van der Waals surface area contributed by atoms with Gasteiger partial charge in [0.15, 0.2) is 0 Å². The molecule has 1 aliphatic heterocycles. The second-order valence-corrected chi connectivity index (χ2v) is 6.65. The Labute approximate surface area is 105 Å². The van der Waals surface area contributed by atoms with Gasteiger partial charge in [-0.05, 0) is 37.3 Å². The molecule has 1 nitrogen and oxygen atoms in total. The first kappa shape index (κ1) is 12.2. The van der Waals surface area contributed by atoms with Crippen LogP contribution >= 0.6 is 0 Å². The smallest absolute Gasteiger partial charge is 0.0506 e. The van der Waals surface area contributed by atoms with Crippen molar-refractivity contribution in [3.8, 4) is 0 Å². The van der Waals surface area contributed by atoms with Crippen LogP contribution in [0.5, 0.6) is 0 Å². The Morgan fingerprint density at radius 3 is 2.35 bits per heavy atom. The maximum atomic E-state index is 3.67. The summed E-state index contributed by atoms with van der Waals surface area (Å²) in [6, 6.07) is 6.61. The highest BCUT2D eigenvalue weighted by atomic mass is 15.0. The lowest BCUT2D eigenvalue weighted by Gasteiger charge is -2.35. The third-order valence-corrected chi connectivity index (χ3v) is 3.32. The first-order valence-electron chi connectivity index (χ1n) is 6.32. The van der Waals surface area contributed by atoms with Crippen molar-refractivity contribution < 1.29 is 0 Å². The molecule has 1 heteroatoms. The van der Waals surface area contributed by atoms with Gasteiger partial charge in [0.05, 0.1) is 5.54 Å². The van der Waals surface area contributed by atoms with Crippen molar-refractivity contribution in [3.63, 3.8) is 0 Å². The summed E-state index contributed by atoms with van der Waals surface area (Å²) >= 11 is 0. The molecule has 0 atom stereocenters. The number of hydrogen-bond donors (Lipinski definition) is 1. The number of fused-ring (bicyclic) bond motifs is 1. The van der Waals surface area contributed by atoms with Crippen LogP contribution in [-0.4, -0.2) is 5.54 Å². The Hall–Kier alpha value is -1.24. The highest BCUT2D eigenvalue weighted by molar-refractivity contribution is 5.82. The minimum atomic E-state index is 0.0401. The molecule has 0 spiro atoms. The number of benzene rings is 1. The number of nitrogens with one attached hydrogen (secondary N) is 1. The lowest BCUT2D eigenvalue weighted by molar-refractivity contribution is 0.587. The average molecular weight is 229 g/mol. The Bertz CT molecular complexity index is 473. The molecule has 0 unspecified atom stereocenters. The number of anilines is 1. The van der Waals surface area contributed by atoms with E-state index in [-0.39, 0.29) is 11.0 Å². The van der Waals surface area contributed by atoms with Gasteiger partial charge in [-0.1, -0.05) is 45.0 Å². The van der Waals surface area contributed by atoms with E-state index in [1.54, 1.807) is 0 Å². The Kier molecular flexibility index (Phi) is 2.61. The second-order valence-electron chi connectivity index (χ2n) is 6.65. The molecule has 1 heterocycles. The molecule has 1 aliphatic rings. The lowest BCUT2D eigenvalue weighted by Crippen LogP contribution is -2.33. The number of allylic oxidation sites excluding steroid dienone is 1. The Balaban J connectivity index is 2.65. The van der Waals surface area contributed by atoms with Crippen molar-refractivity contribution in [1.82, 2.24) is 0 Å². The van der Waals surface area contributed by atoms with Crippen molar-refractivity contribution in [2.24, 2.45) is 0 Å². The third-order valence-electron chi connectivity index (χ3n) is 3.32. The van der Waals surface area contributed by atoms with Crippen LogP contribution in [0.3, 0.4) is 0 Å². The van der Waals surface area contributed by atoms with E-state index in [0.717, 1.165) is 0 Å². The number of rotatable bonds is 0. The molecule has 0 saturated heterocycles. The predicted octanol–water partition coefficient (Wildman–Crippen LogP) is 4.59. The fraction of sp³-hybridized carbons (Fsp3) is 0.500. The predicted molar refractivity (Wildman–Crippen MR) is 76.5 cm³/mol. The van der Waals surface area contributed by atoms with Gasteiger partial charge < -0.3 is 5.32 Å². The molecule has 0 fully saturated rings. The van der Waals surface area contributed by atoms with Gasteiger partial charge in [-0.15, -0.1) is 0 Å². The van der Waals surface area contributed by atoms with Crippen molar-refractivity contribution in [2.45, 2.75) is 52.5 Å². The van der Waals surface area contributed by atoms with Crippen LogP contribution < -0.4 is 5.32 Å². The first-order chi connectivity index (χ1) is 7.71. The first-order valence-corrected chi connectivity index (χ1v) is 6.32. The summed E-state index contributed by atoms with van der Waals surface area (Å²) in [4.78, 5) is 0. The van der Waals surface area contributed by atoms with E-state index in [9.17, 15) is 0 Å². The van der Waals surface area contributed by atoms with E-state index in [1.807, 2.05) is 0 Å². The second kappa shape index (κ2) is 3.63. The summed E-state index contributed by atoms with van der Waals surface area (Å²) in [5.41, 5.74) is 5.64. The van der Waals surface area contributed by atoms with Gasteiger partial charge in [0.25, 0.3) is 0 Å². The topological polar surface area (TPSA) is 12.0 Å². The molecule has 1 aromatic carbocycles. The summed E-state index contributed by atoms with van der Waals surface area (Å²) in [7, 11) is 0. The zero-order chi connectivity index (χ0) is 12.8. The molecule has 0 radical (unpaired) electrons. The maximum Gasteiger partial charge on any atom is 0.0506 e. The van der Waals surface area contributed by atoms with E-state index in [0.29, 0.717) is 0 Å². The van der Waals surface area contributed by atoms with Gasteiger partial charge in [0.2, 0.25) is 0 Å². The average Bonchev–Trinajstić information content (AvgIpc) is 2.13. The standard InChI is InChI=1S/C16H23N/c1-11-10-16(5,6)17-14-12(11)8-7-9-13(14)15(2,3)4/h7-10,17H,1-6H3. The van der Waals surface area contributed by atoms with Gasteiger partial charge in [-0.2, -0.15) is 0 Å². The van der Waals surface area contributed by atoms with Crippen LogP contribution in [0.1, 0.15) is 52.7 Å². The van der Waals surface area contributed by atoms with Crippen LogP contribution in [-0.2, 0) is 5.41 Å². The molecular weight excluding hydrogens is 206 g/mol. The quantitative estimate of drug-likeness (QED) is 0.686. The molecule has 1 N–H and O–H groups in total. The van der Waals surface area contributed by atoms with Crippen molar-refractivity contribution >= 4 is 11.3 Å². The molecule has 1 aromatic rings. The summed E-state index contributed by atoms with van der Waals surface area (Å²) in [5, 5.41) is 3.67. The molecule has 0 amide bonds. The van der Waals surface area contributed by atoms with Gasteiger partial charge >= 0.3 is 0 Å². The van der Waals surface area contributed by atoms with Crippen LogP contribution in [0.15, 0.2) is 24.3 Å². The van der Waals surface area contributed by atoms with Gasteiger partial charge in [-0.3, -0.25) is 0 Å². The molecule has 0 aromatic heterocycles. The molecule has 0 bridgehead atoms. The lowest BCUT2D eigenvalue weighted by atomic mass is 9.81. The van der Waals surface area contributed by atoms with Gasteiger partial charge in [0.1, 0.15) is 0 Å². The summed E-state index contributed by atoms with van der Waals surface area (Å²) < 4.78 is 0. The van der Waals surface area contributed by atoms with Crippen molar-refractivity contribution in [1.29, 1.82) is 0 Å². The highest BCUT2D eigenvalue weighted by Gasteiger charge is 2.27. The fourth-order valence-electron chi connectivity index (χ4n) is 2.62. The SMILES string of the molecule is CC1=CC(C)(C)Nc2c1cccc2C(C)(C)C. The van der Waals surface area contributed by atoms with Gasteiger partial charge in [0, 0.05) is 11.3 Å². The van der Waals surface area contributed by atoms with Crippen molar-refractivity contribution in [3.05, 3.63) is 35.4 Å². The van der Waals surface area contributed by atoms with Crippen LogP contribution in [0, 0.1) is 0 Å². The summed E-state index contributed by atoms with van der Waals surface area (Å²) in [6.07, 6.45) is 2.31. The van der Waals surface area contributed by atoms with E-state index in [4.69, 9.17) is 0 Å². The monoisotopic (exact) mass is 229 g/mol. The molecule has 92 valence electrons. The van der Waals surface area contributed by atoms with Crippen LogP contribution in [0.2, 0.25) is 0 Å². The number of para-hydroxylation sites is 1. The largest absolute Gasteiger partial charge is 0.376 e. The molecule has 2 rings (SSSR count). The molecular formula is C16H23N. The highest BCUT2D eigenvalue weighted by Crippen LogP contribution is 2.40.